The molecule has 6 atom stereocenters. The number of hydrogen-bond donors (Lipinski definition) is 3. The predicted molar refractivity (Wildman–Crippen MR) is 386 cm³/mol. The fourth-order valence-electron chi connectivity index (χ4n) is 11.0. The van der Waals surface area contributed by atoms with E-state index >= 15 is 0 Å². The standard InChI is InChI=1S/C76H144O17P2/c1-8-10-11-12-13-14-15-16-17-20-25-31-36-45-52-59-75(80)92-71(63-86-73(78)57-50-43-35-30-27-22-24-29-34-41-48-55-68(5)6)65-90-94(82,83)88-61-70(77)62-89-95(84,85)91-66-72(64-87-74(79)58-51-44-39-38-42-49-56-69(7)9-2)93-76(81)60-53-46-37-32-26-21-18-19-23-28-33-40-47-54-67(3)4/h14-17,67-72,77H,8-13,18-66H2,1-7H3,(H,82,83)(H,84,85)/b15-14-,17-16-/t69?,70-,71-,72-/m1/s1. The van der Waals surface area contributed by atoms with Crippen molar-refractivity contribution < 1.29 is 80.2 Å². The van der Waals surface area contributed by atoms with Crippen LogP contribution in [0.15, 0.2) is 24.3 Å². The molecule has 0 saturated heterocycles. The Bertz CT molecular complexity index is 1950. The number of ether oxygens (including phenoxy) is 4. The lowest BCUT2D eigenvalue weighted by Gasteiger charge is -2.21. The first kappa shape index (κ1) is 92.5. The summed E-state index contributed by atoms with van der Waals surface area (Å²) in [5, 5.41) is 10.6. The predicted octanol–water partition coefficient (Wildman–Crippen LogP) is 21.7. The van der Waals surface area contributed by atoms with E-state index in [9.17, 15) is 43.2 Å². The second-order valence-electron chi connectivity index (χ2n) is 27.9. The van der Waals surface area contributed by atoms with Gasteiger partial charge in [0.25, 0.3) is 0 Å². The average Bonchev–Trinajstić information content (AvgIpc) is 1.39. The molecule has 95 heavy (non-hydrogen) atoms. The van der Waals surface area contributed by atoms with Crippen LogP contribution in [0.4, 0.5) is 0 Å². The van der Waals surface area contributed by atoms with Crippen molar-refractivity contribution in [3.05, 3.63) is 24.3 Å². The van der Waals surface area contributed by atoms with E-state index in [0.29, 0.717) is 25.7 Å². The minimum absolute atomic E-state index is 0.0846. The summed E-state index contributed by atoms with van der Waals surface area (Å²) in [7, 11) is -9.93. The highest BCUT2D eigenvalue weighted by Crippen LogP contribution is 2.45. The molecule has 560 valence electrons. The molecule has 17 nitrogen and oxygen atoms in total. The van der Waals surface area contributed by atoms with Gasteiger partial charge in [-0.1, -0.05) is 310 Å². The average molecular weight is 1390 g/mol. The highest BCUT2D eigenvalue weighted by Gasteiger charge is 2.30. The van der Waals surface area contributed by atoms with Crippen LogP contribution in [0.25, 0.3) is 0 Å². The molecule has 0 rings (SSSR count). The van der Waals surface area contributed by atoms with Gasteiger partial charge in [-0.3, -0.25) is 37.3 Å². The monoisotopic (exact) mass is 1390 g/mol. The van der Waals surface area contributed by atoms with E-state index in [4.69, 9.17) is 37.0 Å². The second kappa shape index (κ2) is 66.1. The van der Waals surface area contributed by atoms with Crippen LogP contribution in [0.3, 0.4) is 0 Å². The van der Waals surface area contributed by atoms with Gasteiger partial charge in [-0.2, -0.15) is 0 Å². The number of carbonyl (C=O) groups excluding carboxylic acids is 4. The third-order valence-corrected chi connectivity index (χ3v) is 19.3. The Kier molecular flexibility index (Phi) is 64.4. The molecule has 0 amide bonds. The maximum atomic E-state index is 13.1. The van der Waals surface area contributed by atoms with Gasteiger partial charge in [-0.25, -0.2) is 9.13 Å². The Morgan fingerprint density at radius 2 is 0.621 bits per heavy atom. The van der Waals surface area contributed by atoms with Crippen molar-refractivity contribution in [1.82, 2.24) is 0 Å². The van der Waals surface area contributed by atoms with Gasteiger partial charge < -0.3 is 33.8 Å². The number of aliphatic hydroxyl groups excluding tert-OH is 1. The molecule has 0 aliphatic rings. The van der Waals surface area contributed by atoms with Crippen LogP contribution in [-0.2, 0) is 65.4 Å². The zero-order valence-electron chi connectivity index (χ0n) is 61.6. The van der Waals surface area contributed by atoms with Gasteiger partial charge in [0.05, 0.1) is 26.4 Å². The molecular formula is C76H144O17P2. The quantitative estimate of drug-likeness (QED) is 0.0169. The lowest BCUT2D eigenvalue weighted by Crippen LogP contribution is -2.30. The van der Waals surface area contributed by atoms with E-state index in [0.717, 1.165) is 127 Å². The molecule has 0 spiro atoms. The molecule has 3 unspecified atom stereocenters. The van der Waals surface area contributed by atoms with E-state index in [1.54, 1.807) is 0 Å². The number of rotatable bonds is 72. The zero-order chi connectivity index (χ0) is 70.1. The molecule has 0 fully saturated rings. The Morgan fingerprint density at radius 3 is 0.937 bits per heavy atom. The number of unbranched alkanes of at least 4 members (excludes halogenated alkanes) is 36. The number of aliphatic hydroxyl groups is 1. The molecule has 19 heteroatoms. The summed E-state index contributed by atoms with van der Waals surface area (Å²) in [5.74, 6) is 0.134. The number of esters is 4. The van der Waals surface area contributed by atoms with Gasteiger partial charge in [0, 0.05) is 25.7 Å². The van der Waals surface area contributed by atoms with Gasteiger partial charge in [0.2, 0.25) is 0 Å². The van der Waals surface area contributed by atoms with Crippen LogP contribution in [-0.4, -0.2) is 96.7 Å². The van der Waals surface area contributed by atoms with E-state index in [-0.39, 0.29) is 25.7 Å². The van der Waals surface area contributed by atoms with Crippen LogP contribution >= 0.6 is 15.6 Å². The van der Waals surface area contributed by atoms with Crippen molar-refractivity contribution in [1.29, 1.82) is 0 Å². The fraction of sp³-hybridized carbons (Fsp3) is 0.895. The highest BCUT2D eigenvalue weighted by molar-refractivity contribution is 7.47. The lowest BCUT2D eigenvalue weighted by atomic mass is 10.00. The summed E-state index contributed by atoms with van der Waals surface area (Å²) in [6.07, 6.45) is 54.9. The maximum absolute atomic E-state index is 13.1. The topological polar surface area (TPSA) is 237 Å². The van der Waals surface area contributed by atoms with Crippen LogP contribution in [0.1, 0.15) is 363 Å². The van der Waals surface area contributed by atoms with Gasteiger partial charge >= 0.3 is 39.5 Å². The number of phosphoric acid groups is 2. The lowest BCUT2D eigenvalue weighted by molar-refractivity contribution is -0.161. The highest BCUT2D eigenvalue weighted by atomic mass is 31.2. The van der Waals surface area contributed by atoms with E-state index in [1.807, 2.05) is 0 Å². The number of allylic oxidation sites excluding steroid dienone is 4. The summed E-state index contributed by atoms with van der Waals surface area (Å²) in [5.41, 5.74) is 0. The minimum Gasteiger partial charge on any atom is -0.462 e. The fourth-order valence-corrected chi connectivity index (χ4v) is 12.6. The van der Waals surface area contributed by atoms with E-state index in [2.05, 4.69) is 72.8 Å². The Morgan fingerprint density at radius 1 is 0.347 bits per heavy atom. The van der Waals surface area contributed by atoms with Gasteiger partial charge in [-0.15, -0.1) is 0 Å². The van der Waals surface area contributed by atoms with E-state index in [1.165, 1.54) is 154 Å². The van der Waals surface area contributed by atoms with Crippen LogP contribution < -0.4 is 0 Å². The Labute approximate surface area is 580 Å². The Hall–Kier alpha value is -2.46. The largest absolute Gasteiger partial charge is 0.472 e. The second-order valence-corrected chi connectivity index (χ2v) is 30.8. The summed E-state index contributed by atoms with van der Waals surface area (Å²) in [6.45, 7) is 11.8. The van der Waals surface area contributed by atoms with E-state index < -0.39 is 97.5 Å². The maximum Gasteiger partial charge on any atom is 0.472 e. The molecule has 0 bridgehead atoms. The molecule has 3 N–H and O–H groups in total. The van der Waals surface area contributed by atoms with Crippen molar-refractivity contribution in [2.75, 3.05) is 39.6 Å². The number of phosphoric ester groups is 2. The molecule has 0 saturated carbocycles. The SMILES string of the molecule is CCCCCC/C=C\C=C/CCCCCCCC(=O)O[C@H](COC(=O)CCCCCCCCCCCCCC(C)C)COP(=O)(O)OC[C@@H](O)COP(=O)(O)OC[C@@H](COC(=O)CCCCCCCCC(C)CC)OC(=O)CCCCCCCCCCCCCCCC(C)C. The molecule has 0 radical (unpaired) electrons. The number of carbonyl (C=O) groups is 4. The minimum atomic E-state index is -4.97. The third-order valence-electron chi connectivity index (χ3n) is 17.4. The van der Waals surface area contributed by atoms with Gasteiger partial charge in [0.1, 0.15) is 19.3 Å². The van der Waals surface area contributed by atoms with Crippen molar-refractivity contribution in [3.8, 4) is 0 Å². The normalized spacial score (nSPS) is 14.5. The third kappa shape index (κ3) is 68.5. The summed E-state index contributed by atoms with van der Waals surface area (Å²) in [6, 6.07) is 0. The van der Waals surface area contributed by atoms with Crippen molar-refractivity contribution >= 4 is 39.5 Å². The van der Waals surface area contributed by atoms with Crippen LogP contribution in [0.5, 0.6) is 0 Å². The van der Waals surface area contributed by atoms with Crippen molar-refractivity contribution in [2.45, 2.75) is 381 Å². The first-order valence-electron chi connectivity index (χ1n) is 38.7. The molecule has 0 heterocycles. The molecule has 0 aliphatic carbocycles. The molecule has 0 aromatic rings. The Balaban J connectivity index is 5.29. The molecule has 0 aliphatic heterocycles. The summed E-state index contributed by atoms with van der Waals surface area (Å²) < 4.78 is 68.5. The van der Waals surface area contributed by atoms with Gasteiger partial charge in [0.15, 0.2) is 12.2 Å². The van der Waals surface area contributed by atoms with Crippen LogP contribution in [0, 0.1) is 17.8 Å². The summed E-state index contributed by atoms with van der Waals surface area (Å²) in [4.78, 5) is 72.8. The smallest absolute Gasteiger partial charge is 0.462 e. The first-order chi connectivity index (χ1) is 45.8. The summed E-state index contributed by atoms with van der Waals surface area (Å²) >= 11 is 0. The molecule has 0 aromatic heterocycles. The first-order valence-corrected chi connectivity index (χ1v) is 41.7. The van der Waals surface area contributed by atoms with Gasteiger partial charge in [-0.05, 0) is 69.1 Å². The molecule has 0 aromatic carbocycles. The molecular weight excluding hydrogens is 1250 g/mol. The number of hydrogen-bond acceptors (Lipinski definition) is 15. The van der Waals surface area contributed by atoms with Crippen LogP contribution in [0.2, 0.25) is 0 Å². The van der Waals surface area contributed by atoms with Crippen molar-refractivity contribution in [2.24, 2.45) is 17.8 Å². The zero-order valence-corrected chi connectivity index (χ0v) is 63.4. The van der Waals surface area contributed by atoms with Crippen molar-refractivity contribution in [3.63, 3.8) is 0 Å².